The number of carbonyl (C=O) groups is 1. The first-order valence-electron chi connectivity index (χ1n) is 9.36. The van der Waals surface area contributed by atoms with Gasteiger partial charge in [0.2, 0.25) is 0 Å². The largest absolute Gasteiger partial charge is 0.445 e. The maximum Gasteiger partial charge on any atom is 0.272 e. The lowest BCUT2D eigenvalue weighted by Crippen LogP contribution is -2.39. The summed E-state index contributed by atoms with van der Waals surface area (Å²) in [6.07, 6.45) is 5.89. The van der Waals surface area contributed by atoms with E-state index >= 15 is 0 Å². The van der Waals surface area contributed by atoms with Gasteiger partial charge in [-0.15, -0.1) is 0 Å². The molecule has 0 spiro atoms. The molecule has 6 nitrogen and oxygen atoms in total. The molecule has 0 N–H and O–H groups in total. The van der Waals surface area contributed by atoms with Crippen molar-refractivity contribution in [1.29, 1.82) is 0 Å². The molecular formula is C21H21ClN4O2. The van der Waals surface area contributed by atoms with Crippen LogP contribution in [0.1, 0.15) is 52.3 Å². The molecule has 0 aliphatic carbocycles. The second kappa shape index (κ2) is 8.10. The normalized spacial score (nSPS) is 16.9. The van der Waals surface area contributed by atoms with Crippen LogP contribution in [0.25, 0.3) is 0 Å². The van der Waals surface area contributed by atoms with Crippen molar-refractivity contribution in [3.05, 3.63) is 76.5 Å². The van der Waals surface area contributed by atoms with Crippen LogP contribution >= 0.6 is 11.6 Å². The lowest BCUT2D eigenvalue weighted by Gasteiger charge is -2.31. The van der Waals surface area contributed by atoms with Crippen molar-refractivity contribution < 1.29 is 9.21 Å². The molecule has 1 atom stereocenters. The minimum absolute atomic E-state index is 0.0686. The summed E-state index contributed by atoms with van der Waals surface area (Å²) in [6.45, 7) is 3.08. The summed E-state index contributed by atoms with van der Waals surface area (Å²) in [6, 6.07) is 9.37. The topological polar surface area (TPSA) is 72.1 Å². The van der Waals surface area contributed by atoms with Gasteiger partial charge in [-0.05, 0) is 43.5 Å². The van der Waals surface area contributed by atoms with Crippen molar-refractivity contribution in [2.75, 3.05) is 13.1 Å². The van der Waals surface area contributed by atoms with Gasteiger partial charge < -0.3 is 9.32 Å². The highest BCUT2D eigenvalue weighted by atomic mass is 35.5. The maximum absolute atomic E-state index is 12.8. The second-order valence-electron chi connectivity index (χ2n) is 7.05. The summed E-state index contributed by atoms with van der Waals surface area (Å²) in [4.78, 5) is 27.4. The van der Waals surface area contributed by atoms with Crippen molar-refractivity contribution in [2.45, 2.75) is 32.1 Å². The highest BCUT2D eigenvalue weighted by Gasteiger charge is 2.29. The molecule has 1 fully saturated rings. The van der Waals surface area contributed by atoms with Crippen molar-refractivity contribution in [1.82, 2.24) is 19.9 Å². The number of rotatable bonds is 4. The summed E-state index contributed by atoms with van der Waals surface area (Å²) >= 11 is 6.05. The number of aryl methyl sites for hydroxylation is 1. The standard InChI is InChI=1S/C21H21ClN4O2/c1-14-23-8-7-19(25-14)21(27)26-9-3-5-16(13-26)20-24-12-18(28-20)11-15-4-2-6-17(22)10-15/h2,4,6-8,10,12,16H,3,5,9,11,13H2,1H3. The van der Waals surface area contributed by atoms with Gasteiger partial charge in [-0.25, -0.2) is 15.0 Å². The van der Waals surface area contributed by atoms with Gasteiger partial charge in [-0.3, -0.25) is 4.79 Å². The van der Waals surface area contributed by atoms with Crippen molar-refractivity contribution in [2.24, 2.45) is 0 Å². The van der Waals surface area contributed by atoms with E-state index in [9.17, 15) is 4.79 Å². The minimum atomic E-state index is -0.0686. The van der Waals surface area contributed by atoms with E-state index < -0.39 is 0 Å². The van der Waals surface area contributed by atoms with E-state index in [1.54, 1.807) is 25.4 Å². The predicted octanol–water partition coefficient (Wildman–Crippen LogP) is 4.04. The summed E-state index contributed by atoms with van der Waals surface area (Å²) in [5, 5.41) is 0.707. The Morgan fingerprint density at radius 2 is 2.21 bits per heavy atom. The minimum Gasteiger partial charge on any atom is -0.445 e. The van der Waals surface area contributed by atoms with Crippen LogP contribution in [0.15, 0.2) is 47.1 Å². The zero-order chi connectivity index (χ0) is 19.5. The third-order valence-corrected chi connectivity index (χ3v) is 5.13. The molecule has 1 aliphatic heterocycles. The zero-order valence-electron chi connectivity index (χ0n) is 15.6. The van der Waals surface area contributed by atoms with Crippen molar-refractivity contribution >= 4 is 17.5 Å². The number of oxazole rings is 1. The Kier molecular flexibility index (Phi) is 5.39. The number of carbonyl (C=O) groups excluding carboxylic acids is 1. The Bertz CT molecular complexity index is 988. The first-order valence-corrected chi connectivity index (χ1v) is 9.74. The fraction of sp³-hybridized carbons (Fsp3) is 0.333. The SMILES string of the molecule is Cc1nccc(C(=O)N2CCCC(c3ncc(Cc4cccc(Cl)c4)o3)C2)n1. The summed E-state index contributed by atoms with van der Waals surface area (Å²) < 4.78 is 6.00. The molecule has 1 unspecified atom stereocenters. The fourth-order valence-corrected chi connectivity index (χ4v) is 3.75. The highest BCUT2D eigenvalue weighted by molar-refractivity contribution is 6.30. The van der Waals surface area contributed by atoms with Gasteiger partial charge in [0.25, 0.3) is 5.91 Å². The molecular weight excluding hydrogens is 376 g/mol. The molecule has 3 aromatic rings. The summed E-state index contributed by atoms with van der Waals surface area (Å²) in [5.74, 6) is 2.10. The van der Waals surface area contributed by atoms with Crippen LogP contribution in [0, 0.1) is 6.92 Å². The third-order valence-electron chi connectivity index (χ3n) is 4.89. The van der Waals surface area contributed by atoms with Gasteiger partial charge >= 0.3 is 0 Å². The first kappa shape index (κ1) is 18.6. The lowest BCUT2D eigenvalue weighted by atomic mass is 9.97. The molecule has 1 aromatic carbocycles. The number of amides is 1. The Balaban J connectivity index is 1.45. The van der Waals surface area contributed by atoms with Crippen LogP contribution in [-0.2, 0) is 6.42 Å². The van der Waals surface area contributed by atoms with Gasteiger partial charge in [-0.2, -0.15) is 0 Å². The molecule has 1 amide bonds. The van der Waals surface area contributed by atoms with Crippen LogP contribution < -0.4 is 0 Å². The first-order chi connectivity index (χ1) is 13.6. The van der Waals surface area contributed by atoms with E-state index in [2.05, 4.69) is 15.0 Å². The predicted molar refractivity (Wildman–Crippen MR) is 105 cm³/mol. The average Bonchev–Trinajstić information content (AvgIpc) is 3.16. The molecule has 3 heterocycles. The van der Waals surface area contributed by atoms with E-state index in [4.69, 9.17) is 16.0 Å². The molecule has 144 valence electrons. The van der Waals surface area contributed by atoms with Crippen LogP contribution in [0.2, 0.25) is 5.02 Å². The average molecular weight is 397 g/mol. The number of halogens is 1. The lowest BCUT2D eigenvalue weighted by molar-refractivity contribution is 0.0691. The second-order valence-corrected chi connectivity index (χ2v) is 7.49. The molecule has 0 bridgehead atoms. The highest BCUT2D eigenvalue weighted by Crippen LogP contribution is 2.28. The summed E-state index contributed by atoms with van der Waals surface area (Å²) in [5.41, 5.74) is 1.51. The number of nitrogens with zero attached hydrogens (tertiary/aromatic N) is 4. The number of aromatic nitrogens is 3. The summed E-state index contributed by atoms with van der Waals surface area (Å²) in [7, 11) is 0. The maximum atomic E-state index is 12.8. The van der Waals surface area contributed by atoms with E-state index in [0.717, 1.165) is 24.2 Å². The molecule has 2 aromatic heterocycles. The Labute approximate surface area is 168 Å². The molecule has 1 aliphatic rings. The van der Waals surface area contributed by atoms with Gasteiger partial charge in [0, 0.05) is 30.7 Å². The molecule has 1 saturated heterocycles. The smallest absolute Gasteiger partial charge is 0.272 e. The fourth-order valence-electron chi connectivity index (χ4n) is 3.54. The van der Waals surface area contributed by atoms with Crippen molar-refractivity contribution in [3.63, 3.8) is 0 Å². The Morgan fingerprint density at radius 1 is 1.32 bits per heavy atom. The van der Waals surface area contributed by atoms with Crippen molar-refractivity contribution in [3.8, 4) is 0 Å². The Morgan fingerprint density at radius 3 is 3.04 bits per heavy atom. The van der Waals surface area contributed by atoms with E-state index in [1.165, 1.54) is 0 Å². The Hall–Kier alpha value is -2.73. The monoisotopic (exact) mass is 396 g/mol. The third kappa shape index (κ3) is 4.22. The molecule has 4 rings (SSSR count). The van der Waals surface area contributed by atoms with Gasteiger partial charge in [-0.1, -0.05) is 23.7 Å². The molecule has 0 saturated carbocycles. The molecule has 7 heteroatoms. The number of hydrogen-bond donors (Lipinski definition) is 0. The van der Waals surface area contributed by atoms with E-state index in [-0.39, 0.29) is 11.8 Å². The van der Waals surface area contributed by atoms with Crippen LogP contribution in [-0.4, -0.2) is 38.8 Å². The molecule has 0 radical (unpaired) electrons. The van der Waals surface area contributed by atoms with Crippen LogP contribution in [0.5, 0.6) is 0 Å². The number of hydrogen-bond acceptors (Lipinski definition) is 5. The van der Waals surface area contributed by atoms with Gasteiger partial charge in [0.15, 0.2) is 5.89 Å². The number of benzene rings is 1. The zero-order valence-corrected chi connectivity index (χ0v) is 16.4. The number of piperidine rings is 1. The van der Waals surface area contributed by atoms with Gasteiger partial charge in [0.05, 0.1) is 12.1 Å². The van der Waals surface area contributed by atoms with Crippen LogP contribution in [0.4, 0.5) is 0 Å². The van der Waals surface area contributed by atoms with E-state index in [0.29, 0.717) is 41.9 Å². The van der Waals surface area contributed by atoms with Gasteiger partial charge in [0.1, 0.15) is 17.3 Å². The van der Waals surface area contributed by atoms with Crippen LogP contribution in [0.3, 0.4) is 0 Å². The quantitative estimate of drug-likeness (QED) is 0.665. The molecule has 28 heavy (non-hydrogen) atoms. The number of likely N-dealkylation sites (tertiary alicyclic amines) is 1. The van der Waals surface area contributed by atoms with E-state index in [1.807, 2.05) is 29.2 Å².